The lowest BCUT2D eigenvalue weighted by molar-refractivity contribution is -0.125. The van der Waals surface area contributed by atoms with Crippen molar-refractivity contribution in [1.29, 1.82) is 0 Å². The van der Waals surface area contributed by atoms with E-state index in [0.717, 1.165) is 25.9 Å². The van der Waals surface area contributed by atoms with Crippen molar-refractivity contribution in [2.75, 3.05) is 13.1 Å². The van der Waals surface area contributed by atoms with Gasteiger partial charge in [-0.05, 0) is 19.4 Å². The minimum Gasteiger partial charge on any atom is -0.316 e. The molecule has 2 atom stereocenters. The van der Waals surface area contributed by atoms with Crippen molar-refractivity contribution >= 4 is 5.78 Å². The van der Waals surface area contributed by atoms with Gasteiger partial charge in [-0.15, -0.1) is 0 Å². The molecule has 0 radical (unpaired) electrons. The Morgan fingerprint density at radius 2 is 2.45 bits per heavy atom. The molecule has 1 heterocycles. The third kappa shape index (κ3) is 2.03. The third-order valence-corrected chi connectivity index (χ3v) is 2.56. The van der Waals surface area contributed by atoms with Gasteiger partial charge in [0, 0.05) is 18.4 Å². The maximum Gasteiger partial charge on any atom is 0.140 e. The summed E-state index contributed by atoms with van der Waals surface area (Å²) in [6.45, 7) is 6.03. The van der Waals surface area contributed by atoms with Crippen molar-refractivity contribution in [3.05, 3.63) is 0 Å². The van der Waals surface area contributed by atoms with Gasteiger partial charge in [-0.25, -0.2) is 0 Å². The van der Waals surface area contributed by atoms with Crippen molar-refractivity contribution in [3.63, 3.8) is 0 Å². The zero-order chi connectivity index (χ0) is 8.27. The average Bonchev–Trinajstić information content (AvgIpc) is 2.53. The number of nitrogens with one attached hydrogen (secondary N) is 1. The van der Waals surface area contributed by atoms with Gasteiger partial charge in [0.25, 0.3) is 0 Å². The van der Waals surface area contributed by atoms with Crippen LogP contribution in [0.5, 0.6) is 0 Å². The highest BCUT2D eigenvalue weighted by Crippen LogP contribution is 2.16. The highest BCUT2D eigenvalue weighted by atomic mass is 16.1. The summed E-state index contributed by atoms with van der Waals surface area (Å²) in [7, 11) is 0. The Labute approximate surface area is 68.4 Å². The van der Waals surface area contributed by atoms with Gasteiger partial charge in [-0.2, -0.15) is 0 Å². The first kappa shape index (κ1) is 8.72. The number of hydrogen-bond acceptors (Lipinski definition) is 2. The van der Waals surface area contributed by atoms with E-state index in [1.54, 1.807) is 0 Å². The third-order valence-electron chi connectivity index (χ3n) is 2.56. The van der Waals surface area contributed by atoms with E-state index >= 15 is 0 Å². The van der Waals surface area contributed by atoms with Gasteiger partial charge in [0.05, 0.1) is 0 Å². The fourth-order valence-electron chi connectivity index (χ4n) is 1.50. The largest absolute Gasteiger partial charge is 0.316 e. The van der Waals surface area contributed by atoms with Crippen LogP contribution in [0.2, 0.25) is 0 Å². The first-order chi connectivity index (χ1) is 5.25. The summed E-state index contributed by atoms with van der Waals surface area (Å²) in [5.74, 6) is 1.03. The molecule has 1 fully saturated rings. The van der Waals surface area contributed by atoms with Crippen LogP contribution in [0, 0.1) is 11.8 Å². The smallest absolute Gasteiger partial charge is 0.140 e. The number of carbonyl (C=O) groups excluding carboxylic acids is 1. The summed E-state index contributed by atoms with van der Waals surface area (Å²) in [5.41, 5.74) is 0. The van der Waals surface area contributed by atoms with Crippen molar-refractivity contribution in [2.24, 2.45) is 11.8 Å². The number of hydrogen-bond donors (Lipinski definition) is 1. The van der Waals surface area contributed by atoms with Crippen LogP contribution in [0.3, 0.4) is 0 Å². The van der Waals surface area contributed by atoms with Crippen LogP contribution in [0.1, 0.15) is 26.7 Å². The van der Waals surface area contributed by atoms with Crippen LogP contribution >= 0.6 is 0 Å². The molecule has 0 bridgehead atoms. The molecule has 0 aromatic rings. The monoisotopic (exact) mass is 155 g/mol. The van der Waals surface area contributed by atoms with Crippen LogP contribution in [0.4, 0.5) is 0 Å². The van der Waals surface area contributed by atoms with E-state index in [-0.39, 0.29) is 5.92 Å². The van der Waals surface area contributed by atoms with E-state index in [0.29, 0.717) is 11.7 Å². The van der Waals surface area contributed by atoms with Crippen LogP contribution in [-0.2, 0) is 4.79 Å². The highest BCUT2D eigenvalue weighted by Gasteiger charge is 2.25. The molecule has 0 aliphatic carbocycles. The van der Waals surface area contributed by atoms with E-state index in [2.05, 4.69) is 12.2 Å². The van der Waals surface area contributed by atoms with Crippen LogP contribution in [0.25, 0.3) is 0 Å². The molecule has 1 saturated heterocycles. The normalized spacial score (nSPS) is 26.9. The molecular formula is C9H17NO. The Hall–Kier alpha value is -0.370. The second-order valence-electron chi connectivity index (χ2n) is 3.40. The molecule has 0 spiro atoms. The first-order valence-electron chi connectivity index (χ1n) is 4.50. The lowest BCUT2D eigenvalue weighted by Crippen LogP contribution is -2.23. The lowest BCUT2D eigenvalue weighted by atomic mass is 9.92. The Balaban J connectivity index is 2.39. The first-order valence-corrected chi connectivity index (χ1v) is 4.50. The summed E-state index contributed by atoms with van der Waals surface area (Å²) in [4.78, 5) is 11.5. The Morgan fingerprint density at radius 3 is 2.91 bits per heavy atom. The summed E-state index contributed by atoms with van der Waals surface area (Å²) in [6.07, 6.45) is 2.03. The Morgan fingerprint density at radius 1 is 1.73 bits per heavy atom. The molecule has 11 heavy (non-hydrogen) atoms. The molecule has 0 aromatic heterocycles. The highest BCUT2D eigenvalue weighted by molar-refractivity contribution is 5.83. The molecule has 2 heteroatoms. The molecular weight excluding hydrogens is 138 g/mol. The molecule has 64 valence electrons. The zero-order valence-corrected chi connectivity index (χ0v) is 7.39. The lowest BCUT2D eigenvalue weighted by Gasteiger charge is -2.11. The van der Waals surface area contributed by atoms with Crippen LogP contribution in [-0.4, -0.2) is 18.9 Å². The summed E-state index contributed by atoms with van der Waals surface area (Å²) in [5, 5.41) is 3.21. The molecule has 1 unspecified atom stereocenters. The van der Waals surface area contributed by atoms with Gasteiger partial charge < -0.3 is 5.32 Å². The van der Waals surface area contributed by atoms with Gasteiger partial charge in [0.2, 0.25) is 0 Å². The molecule has 1 rings (SSSR count). The summed E-state index contributed by atoms with van der Waals surface area (Å²) >= 11 is 0. The Bertz CT molecular complexity index is 138. The maximum atomic E-state index is 11.5. The number of carbonyl (C=O) groups is 1. The van der Waals surface area contributed by atoms with E-state index in [1.807, 2.05) is 6.92 Å². The van der Waals surface area contributed by atoms with Crippen LogP contribution < -0.4 is 5.32 Å². The van der Waals surface area contributed by atoms with Gasteiger partial charge in [-0.3, -0.25) is 4.79 Å². The minimum absolute atomic E-state index is 0.264. The number of Topliss-reactive ketones (excluding diaryl/α,β-unsaturated/α-hetero) is 1. The van der Waals surface area contributed by atoms with E-state index in [1.165, 1.54) is 0 Å². The minimum atomic E-state index is 0.264. The van der Waals surface area contributed by atoms with E-state index in [4.69, 9.17) is 0 Å². The average molecular weight is 155 g/mol. The Kier molecular flexibility index (Phi) is 3.06. The SMILES string of the molecule is CCC(C)C(=O)[C@H]1CCNC1. The predicted molar refractivity (Wildman–Crippen MR) is 45.4 cm³/mol. The quantitative estimate of drug-likeness (QED) is 0.663. The maximum absolute atomic E-state index is 11.5. The van der Waals surface area contributed by atoms with Gasteiger partial charge in [0.15, 0.2) is 0 Å². The molecule has 1 aliphatic heterocycles. The number of rotatable bonds is 3. The topological polar surface area (TPSA) is 29.1 Å². The zero-order valence-electron chi connectivity index (χ0n) is 7.39. The standard InChI is InChI=1S/C9H17NO/c1-3-7(2)9(11)8-4-5-10-6-8/h7-8,10H,3-6H2,1-2H3/t7?,8-/m0/s1. The second kappa shape index (κ2) is 3.86. The molecule has 2 nitrogen and oxygen atoms in total. The predicted octanol–water partition coefficient (Wildman–Crippen LogP) is 1.21. The molecule has 1 aliphatic rings. The summed E-state index contributed by atoms with van der Waals surface area (Å²) < 4.78 is 0. The van der Waals surface area contributed by atoms with Crippen LogP contribution in [0.15, 0.2) is 0 Å². The molecule has 0 aromatic carbocycles. The van der Waals surface area contributed by atoms with Crippen molar-refractivity contribution in [2.45, 2.75) is 26.7 Å². The van der Waals surface area contributed by atoms with Crippen molar-refractivity contribution in [3.8, 4) is 0 Å². The van der Waals surface area contributed by atoms with Gasteiger partial charge in [-0.1, -0.05) is 13.8 Å². The fourth-order valence-corrected chi connectivity index (χ4v) is 1.50. The second-order valence-corrected chi connectivity index (χ2v) is 3.40. The molecule has 0 amide bonds. The van der Waals surface area contributed by atoms with Crippen molar-refractivity contribution < 1.29 is 4.79 Å². The van der Waals surface area contributed by atoms with Gasteiger partial charge >= 0.3 is 0 Å². The fraction of sp³-hybridized carbons (Fsp3) is 0.889. The van der Waals surface area contributed by atoms with Gasteiger partial charge in [0.1, 0.15) is 5.78 Å². The molecule has 0 saturated carbocycles. The van der Waals surface area contributed by atoms with Crippen molar-refractivity contribution in [1.82, 2.24) is 5.32 Å². The van der Waals surface area contributed by atoms with E-state index < -0.39 is 0 Å². The van der Waals surface area contributed by atoms with E-state index in [9.17, 15) is 4.79 Å². The number of ketones is 1. The molecule has 1 N–H and O–H groups in total. The summed E-state index contributed by atoms with van der Waals surface area (Å²) in [6, 6.07) is 0.